The van der Waals surface area contributed by atoms with E-state index in [9.17, 15) is 0 Å². The van der Waals surface area contributed by atoms with Crippen molar-refractivity contribution in [3.63, 3.8) is 0 Å². The summed E-state index contributed by atoms with van der Waals surface area (Å²) in [4.78, 5) is 8.44. The minimum atomic E-state index is -2.08. The third kappa shape index (κ3) is 29.2. The van der Waals surface area contributed by atoms with Gasteiger partial charge < -0.3 is 20.3 Å². The summed E-state index contributed by atoms with van der Waals surface area (Å²) in [5.41, 5.74) is 0. The number of nitrogens with two attached hydrogens (primary N) is 1. The van der Waals surface area contributed by atoms with Crippen LogP contribution in [-0.2, 0) is 0 Å². The number of hydrogen-bond acceptors (Lipinski definition) is 2. The molecule has 0 saturated carbocycles. The van der Waals surface area contributed by atoms with Crippen molar-refractivity contribution in [2.75, 3.05) is 13.6 Å². The number of carboxylic acid groups (broad SMARTS) is 2. The van der Waals surface area contributed by atoms with Crippen molar-refractivity contribution < 1.29 is 20.3 Å². The Hall–Kier alpha value is -0.770. The molecule has 4 nitrogen and oxygen atoms in total. The van der Waals surface area contributed by atoms with Crippen LogP contribution in [0.25, 0.3) is 0 Å². The number of quaternary nitrogens is 1. The second-order valence-corrected chi connectivity index (χ2v) is 3.94. The molecule has 98 valence electrons. The van der Waals surface area contributed by atoms with E-state index in [2.05, 4.69) is 19.3 Å². The van der Waals surface area contributed by atoms with Crippen molar-refractivity contribution in [1.29, 1.82) is 0 Å². The first kappa shape index (κ1) is 17.6. The lowest BCUT2D eigenvalue weighted by Gasteiger charge is -1.99. The average Bonchev–Trinajstić information content (AvgIpc) is 2.21. The molecule has 0 rings (SSSR count). The minimum Gasteiger partial charge on any atom is -0.565 e. The van der Waals surface area contributed by atoms with Gasteiger partial charge in [0.25, 0.3) is 0 Å². The molecule has 0 aromatic heterocycles. The number of carbonyl (C=O) groups is 1. The predicted octanol–water partition coefficient (Wildman–Crippen LogP) is 1.21. The van der Waals surface area contributed by atoms with Crippen molar-refractivity contribution in [3.8, 4) is 0 Å². The van der Waals surface area contributed by atoms with E-state index in [-0.39, 0.29) is 0 Å². The van der Waals surface area contributed by atoms with Gasteiger partial charge in [0.1, 0.15) is 0 Å². The summed E-state index contributed by atoms with van der Waals surface area (Å²) in [6.45, 7) is 3.59. The standard InChI is InChI=1S/C11H25N.CH2O3/c1-3-4-5-6-7-8-9-10-11-12-2;2-1(3)4/h12H,3-11H2,1-2H3;(H2,2,3,4). The third-order valence-corrected chi connectivity index (χ3v) is 2.35. The van der Waals surface area contributed by atoms with Crippen LogP contribution in [0.4, 0.5) is 4.79 Å². The summed E-state index contributed by atoms with van der Waals surface area (Å²) in [6, 6.07) is 0. The Kier molecular flexibility index (Phi) is 18.3. The van der Waals surface area contributed by atoms with Gasteiger partial charge in [0.2, 0.25) is 6.16 Å². The quantitative estimate of drug-likeness (QED) is 0.588. The molecule has 0 aromatic rings. The van der Waals surface area contributed by atoms with Crippen LogP contribution in [0, 0.1) is 0 Å². The van der Waals surface area contributed by atoms with Crippen LogP contribution in [-0.4, -0.2) is 24.9 Å². The van der Waals surface area contributed by atoms with Crippen LogP contribution < -0.4 is 10.4 Å². The highest BCUT2D eigenvalue weighted by Crippen LogP contribution is 2.07. The van der Waals surface area contributed by atoms with Gasteiger partial charge >= 0.3 is 0 Å². The molecule has 0 aliphatic carbocycles. The molecule has 0 spiro atoms. The van der Waals surface area contributed by atoms with Gasteiger partial charge in [-0.3, -0.25) is 0 Å². The Bertz CT molecular complexity index is 126. The maximum absolute atomic E-state index is 8.44. The van der Waals surface area contributed by atoms with Crippen molar-refractivity contribution >= 4 is 6.16 Å². The normalized spacial score (nSPS) is 9.38. The molecule has 0 saturated heterocycles. The van der Waals surface area contributed by atoms with E-state index < -0.39 is 6.16 Å². The Morgan fingerprint density at radius 3 is 1.81 bits per heavy atom. The van der Waals surface area contributed by atoms with Gasteiger partial charge in [0.05, 0.1) is 13.6 Å². The van der Waals surface area contributed by atoms with Crippen LogP contribution in [0.3, 0.4) is 0 Å². The zero-order valence-electron chi connectivity index (χ0n) is 10.7. The van der Waals surface area contributed by atoms with Gasteiger partial charge in [-0.1, -0.05) is 45.4 Å². The van der Waals surface area contributed by atoms with Gasteiger partial charge in [-0.05, 0) is 12.8 Å². The van der Waals surface area contributed by atoms with Crippen molar-refractivity contribution in [3.05, 3.63) is 0 Å². The van der Waals surface area contributed by atoms with E-state index in [4.69, 9.17) is 15.0 Å². The molecule has 0 aromatic carbocycles. The van der Waals surface area contributed by atoms with Gasteiger partial charge in [0, 0.05) is 0 Å². The molecule has 16 heavy (non-hydrogen) atoms. The highest BCUT2D eigenvalue weighted by molar-refractivity contribution is 5.50. The summed E-state index contributed by atoms with van der Waals surface area (Å²) < 4.78 is 0. The van der Waals surface area contributed by atoms with Gasteiger partial charge in [-0.25, -0.2) is 0 Å². The summed E-state index contributed by atoms with van der Waals surface area (Å²) in [7, 11) is 2.15. The lowest BCUT2D eigenvalue weighted by atomic mass is 10.1. The molecule has 0 fully saturated rings. The zero-order valence-corrected chi connectivity index (χ0v) is 10.7. The summed E-state index contributed by atoms with van der Waals surface area (Å²) in [5, 5.41) is 17.6. The first-order valence-corrected chi connectivity index (χ1v) is 6.32. The van der Waals surface area contributed by atoms with Crippen molar-refractivity contribution in [2.24, 2.45) is 0 Å². The van der Waals surface area contributed by atoms with Crippen LogP contribution in [0.5, 0.6) is 0 Å². The van der Waals surface area contributed by atoms with Gasteiger partial charge in [-0.2, -0.15) is 0 Å². The molecule has 0 atom stereocenters. The molecule has 0 radical (unpaired) electrons. The summed E-state index contributed by atoms with van der Waals surface area (Å²) in [6.07, 6.45) is 9.40. The molecule has 0 unspecified atom stereocenters. The van der Waals surface area contributed by atoms with Gasteiger partial charge in [0.15, 0.2) is 0 Å². The Balaban J connectivity index is 0. The van der Waals surface area contributed by atoms with Crippen LogP contribution in [0.2, 0.25) is 0 Å². The molecular formula is C12H27NO3. The fourth-order valence-electron chi connectivity index (χ4n) is 1.48. The molecular weight excluding hydrogens is 206 g/mol. The van der Waals surface area contributed by atoms with E-state index in [1.807, 2.05) is 0 Å². The summed E-state index contributed by atoms with van der Waals surface area (Å²) >= 11 is 0. The first-order chi connectivity index (χ1) is 7.65. The molecule has 0 amide bonds. The molecule has 3 N–H and O–H groups in total. The molecule has 0 aliphatic heterocycles. The van der Waals surface area contributed by atoms with Gasteiger partial charge in [-0.15, -0.1) is 0 Å². The first-order valence-electron chi connectivity index (χ1n) is 6.32. The highest BCUT2D eigenvalue weighted by Gasteiger charge is 1.90. The number of rotatable bonds is 9. The Labute approximate surface area is 99.1 Å². The smallest absolute Gasteiger partial charge is 0.249 e. The molecule has 0 heterocycles. The maximum Gasteiger partial charge on any atom is 0.249 e. The second kappa shape index (κ2) is 16.7. The lowest BCUT2D eigenvalue weighted by Crippen LogP contribution is -2.79. The minimum absolute atomic E-state index is 1.31. The maximum atomic E-state index is 8.44. The topological polar surface area (TPSA) is 77.0 Å². The lowest BCUT2D eigenvalue weighted by molar-refractivity contribution is -0.627. The van der Waals surface area contributed by atoms with Crippen LogP contribution in [0.15, 0.2) is 0 Å². The average molecular weight is 233 g/mol. The molecule has 4 heteroatoms. The van der Waals surface area contributed by atoms with Crippen molar-refractivity contribution in [1.82, 2.24) is 0 Å². The number of hydrogen-bond donors (Lipinski definition) is 2. The third-order valence-electron chi connectivity index (χ3n) is 2.35. The van der Waals surface area contributed by atoms with Crippen LogP contribution in [0.1, 0.15) is 58.3 Å². The predicted molar refractivity (Wildman–Crippen MR) is 63.4 cm³/mol. The van der Waals surface area contributed by atoms with E-state index in [0.29, 0.717) is 0 Å². The zero-order chi connectivity index (χ0) is 12.6. The largest absolute Gasteiger partial charge is 0.565 e. The molecule has 0 bridgehead atoms. The van der Waals surface area contributed by atoms with E-state index in [0.717, 1.165) is 0 Å². The van der Waals surface area contributed by atoms with E-state index in [1.165, 1.54) is 57.9 Å². The Morgan fingerprint density at radius 2 is 1.44 bits per heavy atom. The van der Waals surface area contributed by atoms with E-state index >= 15 is 0 Å². The SMILES string of the molecule is CCCCCCCCCC[NH2+]C.O=C([O-])O. The Morgan fingerprint density at radius 1 is 1.06 bits per heavy atom. The monoisotopic (exact) mass is 233 g/mol. The summed E-state index contributed by atoms with van der Waals surface area (Å²) in [5.74, 6) is 0. The fourth-order valence-corrected chi connectivity index (χ4v) is 1.48. The van der Waals surface area contributed by atoms with Crippen molar-refractivity contribution in [2.45, 2.75) is 58.3 Å². The van der Waals surface area contributed by atoms with Crippen LogP contribution >= 0.6 is 0 Å². The number of unbranched alkanes of at least 4 members (excludes halogenated alkanes) is 7. The van der Waals surface area contributed by atoms with E-state index in [1.54, 1.807) is 0 Å². The second-order valence-electron chi connectivity index (χ2n) is 3.94. The highest BCUT2D eigenvalue weighted by atomic mass is 16.6. The fraction of sp³-hybridized carbons (Fsp3) is 0.917. The molecule has 0 aliphatic rings.